The highest BCUT2D eigenvalue weighted by molar-refractivity contribution is 7.86. The van der Waals surface area contributed by atoms with Crippen LogP contribution in [-0.2, 0) is 15.0 Å². The SMILES string of the molecule is O=S(=O)(F)CC1CCC2(CCC2)O1. The molecule has 0 aromatic rings. The normalized spacial score (nSPS) is 31.9. The van der Waals surface area contributed by atoms with Crippen LogP contribution in [0, 0.1) is 0 Å². The molecular formula is C8H13FO3S. The van der Waals surface area contributed by atoms with Crippen molar-refractivity contribution in [3.63, 3.8) is 0 Å². The monoisotopic (exact) mass is 208 g/mol. The van der Waals surface area contributed by atoms with Gasteiger partial charge in [-0.05, 0) is 32.1 Å². The number of hydrogen-bond donors (Lipinski definition) is 0. The van der Waals surface area contributed by atoms with Gasteiger partial charge in [0.25, 0.3) is 0 Å². The van der Waals surface area contributed by atoms with Crippen LogP contribution in [0.5, 0.6) is 0 Å². The maximum atomic E-state index is 12.3. The van der Waals surface area contributed by atoms with E-state index in [1.54, 1.807) is 0 Å². The zero-order chi connectivity index (χ0) is 9.53. The molecule has 1 aliphatic carbocycles. The van der Waals surface area contributed by atoms with Gasteiger partial charge in [-0.3, -0.25) is 0 Å². The first-order chi connectivity index (χ1) is 5.99. The van der Waals surface area contributed by atoms with Crippen molar-refractivity contribution in [1.29, 1.82) is 0 Å². The molecule has 0 radical (unpaired) electrons. The third-order valence-electron chi connectivity index (χ3n) is 2.99. The third kappa shape index (κ3) is 2.02. The lowest BCUT2D eigenvalue weighted by Gasteiger charge is -2.37. The van der Waals surface area contributed by atoms with Crippen LogP contribution in [0.15, 0.2) is 0 Å². The summed E-state index contributed by atoms with van der Waals surface area (Å²) in [7, 11) is -4.37. The molecule has 0 bridgehead atoms. The van der Waals surface area contributed by atoms with Gasteiger partial charge < -0.3 is 4.74 Å². The molecular weight excluding hydrogens is 195 g/mol. The standard InChI is InChI=1S/C8H13FO3S/c9-13(10,11)6-7-2-5-8(12-7)3-1-4-8/h7H,1-6H2. The fourth-order valence-corrected chi connectivity index (χ4v) is 2.85. The van der Waals surface area contributed by atoms with E-state index in [1.807, 2.05) is 0 Å². The molecule has 0 N–H and O–H groups in total. The molecule has 0 aromatic heterocycles. The molecule has 2 aliphatic rings. The van der Waals surface area contributed by atoms with Crippen LogP contribution in [0.25, 0.3) is 0 Å². The first kappa shape index (κ1) is 9.40. The Labute approximate surface area is 77.5 Å². The molecule has 3 nitrogen and oxygen atoms in total. The fraction of sp³-hybridized carbons (Fsp3) is 1.00. The van der Waals surface area contributed by atoms with Crippen LogP contribution in [-0.4, -0.2) is 25.9 Å². The molecule has 0 aromatic carbocycles. The van der Waals surface area contributed by atoms with Crippen molar-refractivity contribution in [2.45, 2.75) is 43.8 Å². The number of ether oxygens (including phenoxy) is 1. The summed E-state index contributed by atoms with van der Waals surface area (Å²) in [5.41, 5.74) is -0.0741. The van der Waals surface area contributed by atoms with E-state index in [-0.39, 0.29) is 5.60 Å². The van der Waals surface area contributed by atoms with E-state index in [2.05, 4.69) is 0 Å². The van der Waals surface area contributed by atoms with E-state index in [4.69, 9.17) is 4.74 Å². The van der Waals surface area contributed by atoms with Crippen molar-refractivity contribution in [3.05, 3.63) is 0 Å². The minimum absolute atomic E-state index is 0.0741. The highest BCUT2D eigenvalue weighted by Crippen LogP contribution is 2.45. The van der Waals surface area contributed by atoms with Crippen LogP contribution < -0.4 is 0 Å². The molecule has 13 heavy (non-hydrogen) atoms. The first-order valence-corrected chi connectivity index (χ1v) is 6.15. The third-order valence-corrected chi connectivity index (χ3v) is 3.76. The summed E-state index contributed by atoms with van der Waals surface area (Å²) in [6.07, 6.45) is 4.34. The second-order valence-electron chi connectivity index (χ2n) is 4.02. The summed E-state index contributed by atoms with van der Waals surface area (Å²) in [5, 5.41) is 0. The molecule has 1 unspecified atom stereocenters. The van der Waals surface area contributed by atoms with Crippen LogP contribution in [0.3, 0.4) is 0 Å². The Morgan fingerprint density at radius 2 is 2.08 bits per heavy atom. The summed E-state index contributed by atoms with van der Waals surface area (Å²) < 4.78 is 38.6. The Morgan fingerprint density at radius 3 is 2.46 bits per heavy atom. The lowest BCUT2D eigenvalue weighted by atomic mass is 9.78. The minimum Gasteiger partial charge on any atom is -0.371 e. The summed E-state index contributed by atoms with van der Waals surface area (Å²) in [6, 6.07) is 0. The largest absolute Gasteiger partial charge is 0.371 e. The molecule has 1 spiro atoms. The van der Waals surface area contributed by atoms with Gasteiger partial charge in [-0.25, -0.2) is 0 Å². The lowest BCUT2D eigenvalue weighted by Crippen LogP contribution is -2.37. The van der Waals surface area contributed by atoms with Crippen LogP contribution in [0.4, 0.5) is 3.89 Å². The minimum atomic E-state index is -4.37. The Morgan fingerprint density at radius 1 is 1.38 bits per heavy atom. The molecule has 1 atom stereocenters. The Balaban J connectivity index is 1.91. The van der Waals surface area contributed by atoms with Gasteiger partial charge in [0.15, 0.2) is 0 Å². The highest BCUT2D eigenvalue weighted by atomic mass is 32.3. The molecule has 1 saturated heterocycles. The number of halogens is 1. The second kappa shape index (κ2) is 2.92. The van der Waals surface area contributed by atoms with Crippen LogP contribution in [0.1, 0.15) is 32.1 Å². The maximum Gasteiger partial charge on any atom is 0.304 e. The van der Waals surface area contributed by atoms with Crippen molar-refractivity contribution in [1.82, 2.24) is 0 Å². The van der Waals surface area contributed by atoms with E-state index < -0.39 is 22.1 Å². The molecule has 1 aliphatic heterocycles. The topological polar surface area (TPSA) is 43.4 Å². The zero-order valence-electron chi connectivity index (χ0n) is 7.33. The van der Waals surface area contributed by atoms with Crippen molar-refractivity contribution >= 4 is 10.2 Å². The molecule has 0 amide bonds. The van der Waals surface area contributed by atoms with Crippen LogP contribution in [0.2, 0.25) is 0 Å². The van der Waals surface area contributed by atoms with Gasteiger partial charge in [-0.1, -0.05) is 0 Å². The van der Waals surface area contributed by atoms with Crippen molar-refractivity contribution < 1.29 is 17.0 Å². The van der Waals surface area contributed by atoms with Gasteiger partial charge in [-0.15, -0.1) is 3.89 Å². The van der Waals surface area contributed by atoms with Gasteiger partial charge >= 0.3 is 10.2 Å². The Kier molecular flexibility index (Phi) is 2.11. The van der Waals surface area contributed by atoms with Gasteiger partial charge in [0.1, 0.15) is 5.75 Å². The van der Waals surface area contributed by atoms with Crippen molar-refractivity contribution in [3.8, 4) is 0 Å². The predicted molar refractivity (Wildman–Crippen MR) is 45.6 cm³/mol. The lowest BCUT2D eigenvalue weighted by molar-refractivity contribution is -0.0843. The van der Waals surface area contributed by atoms with Crippen molar-refractivity contribution in [2.24, 2.45) is 0 Å². The summed E-state index contributed by atoms with van der Waals surface area (Å²) in [6.45, 7) is 0. The molecule has 5 heteroatoms. The molecule has 1 saturated carbocycles. The van der Waals surface area contributed by atoms with Gasteiger partial charge in [0.2, 0.25) is 0 Å². The average Bonchev–Trinajstić information content (AvgIpc) is 2.26. The Bertz CT molecular complexity index is 295. The quantitative estimate of drug-likeness (QED) is 0.644. The highest BCUT2D eigenvalue weighted by Gasteiger charge is 2.45. The summed E-state index contributed by atoms with van der Waals surface area (Å²) in [5.74, 6) is -0.464. The summed E-state index contributed by atoms with van der Waals surface area (Å²) in [4.78, 5) is 0. The van der Waals surface area contributed by atoms with Gasteiger partial charge in [-0.2, -0.15) is 8.42 Å². The zero-order valence-corrected chi connectivity index (χ0v) is 8.15. The van der Waals surface area contributed by atoms with E-state index in [0.717, 1.165) is 25.7 Å². The van der Waals surface area contributed by atoms with E-state index in [9.17, 15) is 12.3 Å². The van der Waals surface area contributed by atoms with Gasteiger partial charge in [0, 0.05) is 0 Å². The molecule has 2 fully saturated rings. The molecule has 76 valence electrons. The maximum absolute atomic E-state index is 12.3. The van der Waals surface area contributed by atoms with Crippen molar-refractivity contribution in [2.75, 3.05) is 5.75 Å². The first-order valence-electron chi connectivity index (χ1n) is 4.59. The van der Waals surface area contributed by atoms with E-state index in [1.165, 1.54) is 0 Å². The molecule has 2 rings (SSSR count). The second-order valence-corrected chi connectivity index (χ2v) is 5.43. The Hall–Kier alpha value is -0.160. The summed E-state index contributed by atoms with van der Waals surface area (Å²) >= 11 is 0. The smallest absolute Gasteiger partial charge is 0.304 e. The number of hydrogen-bond acceptors (Lipinski definition) is 3. The fourth-order valence-electron chi connectivity index (χ4n) is 2.17. The van der Waals surface area contributed by atoms with E-state index >= 15 is 0 Å². The van der Waals surface area contributed by atoms with Crippen LogP contribution >= 0.6 is 0 Å². The predicted octanol–water partition coefficient (Wildman–Crippen LogP) is 1.39. The average molecular weight is 208 g/mol. The number of rotatable bonds is 2. The molecule has 1 heterocycles. The van der Waals surface area contributed by atoms with Gasteiger partial charge in [0.05, 0.1) is 11.7 Å². The van der Waals surface area contributed by atoms with E-state index in [0.29, 0.717) is 6.42 Å².